The van der Waals surface area contributed by atoms with Crippen molar-refractivity contribution < 1.29 is 9.90 Å². The molecule has 0 saturated heterocycles. The summed E-state index contributed by atoms with van der Waals surface area (Å²) in [7, 11) is 0. The molecule has 0 saturated carbocycles. The molecule has 18 heavy (non-hydrogen) atoms. The summed E-state index contributed by atoms with van der Waals surface area (Å²) < 4.78 is 0. The molecular formula is C14H22N2O2. The standard InChI is InChI=1S/C14H22N2O2/c1-3-14(4-2,10-15)13(18)16-12-7-5-11(9-17)6-8-12/h5-8,17H,3-4,9-10,15H2,1-2H3,(H,16,18). The fraction of sp³-hybridized carbons (Fsp3) is 0.500. The first-order valence-corrected chi connectivity index (χ1v) is 6.33. The summed E-state index contributed by atoms with van der Waals surface area (Å²) in [5, 5.41) is 11.8. The SMILES string of the molecule is CCC(CC)(CN)C(=O)Nc1ccc(CO)cc1. The predicted octanol–water partition coefficient (Wildman–Crippen LogP) is 1.88. The molecule has 0 fully saturated rings. The molecule has 1 aromatic rings. The Bertz CT molecular complexity index is 375. The number of aliphatic hydroxyl groups is 1. The highest BCUT2D eigenvalue weighted by atomic mass is 16.3. The van der Waals surface area contributed by atoms with Crippen LogP contribution >= 0.6 is 0 Å². The zero-order valence-corrected chi connectivity index (χ0v) is 11.1. The van der Waals surface area contributed by atoms with E-state index < -0.39 is 5.41 Å². The summed E-state index contributed by atoms with van der Waals surface area (Å²) in [6, 6.07) is 7.15. The van der Waals surface area contributed by atoms with E-state index in [2.05, 4.69) is 5.32 Å². The zero-order valence-electron chi connectivity index (χ0n) is 11.1. The Morgan fingerprint density at radius 1 is 1.28 bits per heavy atom. The highest BCUT2D eigenvalue weighted by molar-refractivity contribution is 5.95. The smallest absolute Gasteiger partial charge is 0.231 e. The van der Waals surface area contributed by atoms with Crippen molar-refractivity contribution in [2.75, 3.05) is 11.9 Å². The van der Waals surface area contributed by atoms with Crippen molar-refractivity contribution in [2.24, 2.45) is 11.1 Å². The molecule has 0 aromatic heterocycles. The van der Waals surface area contributed by atoms with E-state index in [9.17, 15) is 4.79 Å². The van der Waals surface area contributed by atoms with Gasteiger partial charge in [-0.2, -0.15) is 0 Å². The summed E-state index contributed by atoms with van der Waals surface area (Å²) in [4.78, 5) is 12.2. The van der Waals surface area contributed by atoms with Gasteiger partial charge in [-0.3, -0.25) is 4.79 Å². The van der Waals surface area contributed by atoms with Crippen LogP contribution in [0.25, 0.3) is 0 Å². The summed E-state index contributed by atoms with van der Waals surface area (Å²) in [5.74, 6) is -0.0354. The molecule has 0 unspecified atom stereocenters. The van der Waals surface area contributed by atoms with E-state index in [1.165, 1.54) is 0 Å². The Labute approximate surface area is 108 Å². The first-order chi connectivity index (χ1) is 8.61. The van der Waals surface area contributed by atoms with E-state index in [1.54, 1.807) is 24.3 Å². The average Bonchev–Trinajstić information content (AvgIpc) is 2.42. The molecule has 0 bridgehead atoms. The number of carbonyl (C=O) groups is 1. The number of hydrogen-bond donors (Lipinski definition) is 3. The Kier molecular flexibility index (Phi) is 5.31. The van der Waals surface area contributed by atoms with Crippen molar-refractivity contribution in [1.82, 2.24) is 0 Å². The lowest BCUT2D eigenvalue weighted by molar-refractivity contribution is -0.125. The third-order valence-electron chi connectivity index (χ3n) is 3.62. The van der Waals surface area contributed by atoms with E-state index in [0.717, 1.165) is 24.1 Å². The number of amides is 1. The van der Waals surface area contributed by atoms with Gasteiger partial charge in [0.2, 0.25) is 5.91 Å². The van der Waals surface area contributed by atoms with E-state index >= 15 is 0 Å². The lowest BCUT2D eigenvalue weighted by atomic mass is 9.81. The summed E-state index contributed by atoms with van der Waals surface area (Å²) in [5.41, 5.74) is 6.80. The Balaban J connectivity index is 2.79. The van der Waals surface area contributed by atoms with Crippen molar-refractivity contribution in [3.05, 3.63) is 29.8 Å². The van der Waals surface area contributed by atoms with E-state index in [4.69, 9.17) is 10.8 Å². The molecule has 0 spiro atoms. The van der Waals surface area contributed by atoms with Crippen LogP contribution in [-0.2, 0) is 11.4 Å². The largest absolute Gasteiger partial charge is 0.392 e. The molecule has 1 amide bonds. The molecule has 0 heterocycles. The lowest BCUT2D eigenvalue weighted by Crippen LogP contribution is -2.41. The quantitative estimate of drug-likeness (QED) is 0.721. The summed E-state index contributed by atoms with van der Waals surface area (Å²) >= 11 is 0. The van der Waals surface area contributed by atoms with Crippen molar-refractivity contribution >= 4 is 11.6 Å². The van der Waals surface area contributed by atoms with Gasteiger partial charge in [-0.05, 0) is 30.5 Å². The van der Waals surface area contributed by atoms with Gasteiger partial charge in [-0.1, -0.05) is 26.0 Å². The maximum Gasteiger partial charge on any atom is 0.231 e. The van der Waals surface area contributed by atoms with Crippen LogP contribution in [-0.4, -0.2) is 17.6 Å². The first kappa shape index (κ1) is 14.7. The molecule has 4 nitrogen and oxygen atoms in total. The zero-order chi connectivity index (χ0) is 13.6. The molecule has 0 aliphatic carbocycles. The first-order valence-electron chi connectivity index (χ1n) is 6.33. The molecule has 1 rings (SSSR count). The van der Waals surface area contributed by atoms with Crippen LogP contribution < -0.4 is 11.1 Å². The monoisotopic (exact) mass is 250 g/mol. The molecule has 4 N–H and O–H groups in total. The maximum absolute atomic E-state index is 12.2. The molecular weight excluding hydrogens is 228 g/mol. The van der Waals surface area contributed by atoms with Crippen LogP contribution in [0, 0.1) is 5.41 Å². The Morgan fingerprint density at radius 2 is 1.83 bits per heavy atom. The molecule has 100 valence electrons. The second-order valence-corrected chi connectivity index (χ2v) is 4.50. The molecule has 0 aliphatic heterocycles. The number of aliphatic hydroxyl groups excluding tert-OH is 1. The van der Waals surface area contributed by atoms with E-state index in [1.807, 2.05) is 13.8 Å². The Morgan fingerprint density at radius 3 is 2.22 bits per heavy atom. The third-order valence-corrected chi connectivity index (χ3v) is 3.62. The van der Waals surface area contributed by atoms with Crippen LogP contribution in [0.3, 0.4) is 0 Å². The van der Waals surface area contributed by atoms with Gasteiger partial charge < -0.3 is 16.2 Å². The Hall–Kier alpha value is -1.39. The minimum Gasteiger partial charge on any atom is -0.392 e. The predicted molar refractivity (Wildman–Crippen MR) is 73.1 cm³/mol. The van der Waals surface area contributed by atoms with Gasteiger partial charge in [0.1, 0.15) is 0 Å². The maximum atomic E-state index is 12.2. The third kappa shape index (κ3) is 3.09. The fourth-order valence-electron chi connectivity index (χ4n) is 1.91. The fourth-order valence-corrected chi connectivity index (χ4v) is 1.91. The van der Waals surface area contributed by atoms with Gasteiger partial charge in [-0.25, -0.2) is 0 Å². The normalized spacial score (nSPS) is 11.3. The minimum atomic E-state index is -0.490. The van der Waals surface area contributed by atoms with Crippen LogP contribution in [0.15, 0.2) is 24.3 Å². The van der Waals surface area contributed by atoms with Crippen LogP contribution in [0.1, 0.15) is 32.3 Å². The second kappa shape index (κ2) is 6.52. The number of nitrogens with one attached hydrogen (secondary N) is 1. The van der Waals surface area contributed by atoms with E-state index in [0.29, 0.717) is 6.54 Å². The van der Waals surface area contributed by atoms with Crippen molar-refractivity contribution in [3.63, 3.8) is 0 Å². The van der Waals surface area contributed by atoms with Gasteiger partial charge in [0.15, 0.2) is 0 Å². The van der Waals surface area contributed by atoms with Gasteiger partial charge in [-0.15, -0.1) is 0 Å². The van der Waals surface area contributed by atoms with Gasteiger partial charge in [0, 0.05) is 12.2 Å². The topological polar surface area (TPSA) is 75.4 Å². The number of nitrogens with two attached hydrogens (primary N) is 1. The average molecular weight is 250 g/mol. The molecule has 0 radical (unpaired) electrons. The molecule has 4 heteroatoms. The van der Waals surface area contributed by atoms with Crippen molar-refractivity contribution in [2.45, 2.75) is 33.3 Å². The van der Waals surface area contributed by atoms with Gasteiger partial charge in [0.05, 0.1) is 12.0 Å². The number of carbonyl (C=O) groups excluding carboxylic acids is 1. The molecule has 1 aromatic carbocycles. The number of anilines is 1. The van der Waals surface area contributed by atoms with Gasteiger partial charge >= 0.3 is 0 Å². The summed E-state index contributed by atoms with van der Waals surface area (Å²) in [6.07, 6.45) is 1.45. The number of benzene rings is 1. The van der Waals surface area contributed by atoms with Crippen molar-refractivity contribution in [1.29, 1.82) is 0 Å². The molecule has 0 atom stereocenters. The van der Waals surface area contributed by atoms with Crippen LogP contribution in [0.4, 0.5) is 5.69 Å². The minimum absolute atomic E-state index is 0.00485. The highest BCUT2D eigenvalue weighted by Crippen LogP contribution is 2.26. The van der Waals surface area contributed by atoms with Crippen LogP contribution in [0.2, 0.25) is 0 Å². The summed E-state index contributed by atoms with van der Waals surface area (Å²) in [6.45, 7) is 4.31. The van der Waals surface area contributed by atoms with Gasteiger partial charge in [0.25, 0.3) is 0 Å². The van der Waals surface area contributed by atoms with E-state index in [-0.39, 0.29) is 12.5 Å². The molecule has 0 aliphatic rings. The number of hydrogen-bond acceptors (Lipinski definition) is 3. The highest BCUT2D eigenvalue weighted by Gasteiger charge is 2.33. The van der Waals surface area contributed by atoms with Crippen molar-refractivity contribution in [3.8, 4) is 0 Å². The van der Waals surface area contributed by atoms with Crippen LogP contribution in [0.5, 0.6) is 0 Å². The second-order valence-electron chi connectivity index (χ2n) is 4.50. The number of rotatable bonds is 6. The lowest BCUT2D eigenvalue weighted by Gasteiger charge is -2.28.